The number of primary amides is 1. The molecule has 0 spiro atoms. The molecule has 1 fully saturated rings. The Labute approximate surface area is 116 Å². The molecular weight excluding hydrogens is 260 g/mol. The van der Waals surface area contributed by atoms with Crippen molar-refractivity contribution in [2.45, 2.75) is 6.92 Å². The maximum Gasteiger partial charge on any atom is 0.308 e. The highest BCUT2D eigenvalue weighted by molar-refractivity contribution is 5.97. The molecule has 0 aliphatic carbocycles. The highest BCUT2D eigenvalue weighted by atomic mass is 16.4. The van der Waals surface area contributed by atoms with Gasteiger partial charge in [0.15, 0.2) is 0 Å². The van der Waals surface area contributed by atoms with Crippen LogP contribution in [0, 0.1) is 11.8 Å². The lowest BCUT2D eigenvalue weighted by molar-refractivity contribution is -0.142. The van der Waals surface area contributed by atoms with Gasteiger partial charge in [-0.15, -0.1) is 0 Å². The van der Waals surface area contributed by atoms with Gasteiger partial charge in [0.25, 0.3) is 5.91 Å². The number of likely N-dealkylation sites (tertiary alicyclic amines) is 1. The summed E-state index contributed by atoms with van der Waals surface area (Å²) in [4.78, 5) is 35.8. The molecule has 0 radical (unpaired) electrons. The zero-order valence-corrected chi connectivity index (χ0v) is 11.1. The predicted molar refractivity (Wildman–Crippen MR) is 71.2 cm³/mol. The number of nitrogens with two attached hydrogens (primary N) is 1. The van der Waals surface area contributed by atoms with Gasteiger partial charge in [-0.05, 0) is 30.2 Å². The number of amides is 2. The van der Waals surface area contributed by atoms with E-state index < -0.39 is 17.8 Å². The van der Waals surface area contributed by atoms with Crippen molar-refractivity contribution in [2.24, 2.45) is 17.6 Å². The van der Waals surface area contributed by atoms with E-state index in [-0.39, 0.29) is 18.4 Å². The van der Waals surface area contributed by atoms with E-state index in [0.29, 0.717) is 17.7 Å². The second kappa shape index (κ2) is 5.32. The first-order valence-electron chi connectivity index (χ1n) is 6.32. The normalized spacial score (nSPS) is 21.8. The van der Waals surface area contributed by atoms with E-state index >= 15 is 0 Å². The summed E-state index contributed by atoms with van der Waals surface area (Å²) in [5.41, 5.74) is 5.89. The number of rotatable bonds is 3. The molecule has 1 aliphatic heterocycles. The topological polar surface area (TPSA) is 101 Å². The fourth-order valence-electron chi connectivity index (χ4n) is 2.41. The third kappa shape index (κ3) is 2.64. The average Bonchev–Trinajstić information content (AvgIpc) is 2.80. The number of carbonyl (C=O) groups is 3. The molecule has 0 saturated carbocycles. The number of benzene rings is 1. The fourth-order valence-corrected chi connectivity index (χ4v) is 2.41. The van der Waals surface area contributed by atoms with Gasteiger partial charge in [-0.25, -0.2) is 0 Å². The largest absolute Gasteiger partial charge is 0.481 e. The molecule has 1 saturated heterocycles. The van der Waals surface area contributed by atoms with Crippen LogP contribution in [0.25, 0.3) is 0 Å². The highest BCUT2D eigenvalue weighted by Crippen LogP contribution is 2.24. The van der Waals surface area contributed by atoms with Crippen LogP contribution < -0.4 is 5.73 Å². The van der Waals surface area contributed by atoms with Crippen molar-refractivity contribution < 1.29 is 19.5 Å². The summed E-state index contributed by atoms with van der Waals surface area (Å²) < 4.78 is 0. The summed E-state index contributed by atoms with van der Waals surface area (Å²) in [5, 5.41) is 9.06. The standard InChI is InChI=1S/C14H16N2O4/c1-8-6-16(7-11(8)14(19)20)13(18)10-4-2-9(3-5-10)12(15)17/h2-5,8,11H,6-7H2,1H3,(H2,15,17)(H,19,20). The molecule has 6 heteroatoms. The van der Waals surface area contributed by atoms with E-state index in [0.717, 1.165) is 0 Å². The van der Waals surface area contributed by atoms with Gasteiger partial charge in [0.2, 0.25) is 5.91 Å². The van der Waals surface area contributed by atoms with E-state index in [1.54, 1.807) is 0 Å². The maximum atomic E-state index is 12.3. The molecule has 2 atom stereocenters. The van der Waals surface area contributed by atoms with E-state index in [9.17, 15) is 14.4 Å². The van der Waals surface area contributed by atoms with Crippen molar-refractivity contribution in [1.29, 1.82) is 0 Å². The predicted octanol–water partition coefficient (Wildman–Crippen LogP) is 0.578. The number of hydrogen-bond acceptors (Lipinski definition) is 3. The Morgan fingerprint density at radius 1 is 1.15 bits per heavy atom. The van der Waals surface area contributed by atoms with Crippen molar-refractivity contribution in [3.63, 3.8) is 0 Å². The summed E-state index contributed by atoms with van der Waals surface area (Å²) in [6, 6.07) is 6.04. The van der Waals surface area contributed by atoms with Crippen LogP contribution in [0.1, 0.15) is 27.6 Å². The van der Waals surface area contributed by atoms with Crippen LogP contribution in [0.5, 0.6) is 0 Å². The summed E-state index contributed by atoms with van der Waals surface area (Å²) in [6.45, 7) is 2.46. The number of carbonyl (C=O) groups excluding carboxylic acids is 2. The molecular formula is C14H16N2O4. The maximum absolute atomic E-state index is 12.3. The van der Waals surface area contributed by atoms with Crippen LogP contribution in [0.3, 0.4) is 0 Å². The molecule has 20 heavy (non-hydrogen) atoms. The van der Waals surface area contributed by atoms with Gasteiger partial charge in [0, 0.05) is 24.2 Å². The fraction of sp³-hybridized carbons (Fsp3) is 0.357. The minimum absolute atomic E-state index is 0.0682. The summed E-state index contributed by atoms with van der Waals surface area (Å²) in [7, 11) is 0. The number of hydrogen-bond donors (Lipinski definition) is 2. The van der Waals surface area contributed by atoms with Crippen molar-refractivity contribution in [3.05, 3.63) is 35.4 Å². The summed E-state index contributed by atoms with van der Waals surface area (Å²) in [5.74, 6) is -2.25. The number of aliphatic carboxylic acids is 1. The van der Waals surface area contributed by atoms with Crippen molar-refractivity contribution in [2.75, 3.05) is 13.1 Å². The average molecular weight is 276 g/mol. The summed E-state index contributed by atoms with van der Waals surface area (Å²) in [6.07, 6.45) is 0. The van der Waals surface area contributed by atoms with Crippen LogP contribution in [0.2, 0.25) is 0 Å². The van der Waals surface area contributed by atoms with Crippen LogP contribution in [0.4, 0.5) is 0 Å². The van der Waals surface area contributed by atoms with Crippen LogP contribution in [0.15, 0.2) is 24.3 Å². The van der Waals surface area contributed by atoms with Gasteiger partial charge < -0.3 is 15.7 Å². The highest BCUT2D eigenvalue weighted by Gasteiger charge is 2.37. The van der Waals surface area contributed by atoms with Crippen molar-refractivity contribution >= 4 is 17.8 Å². The van der Waals surface area contributed by atoms with Crippen LogP contribution in [-0.4, -0.2) is 40.9 Å². The van der Waals surface area contributed by atoms with Gasteiger partial charge in [-0.1, -0.05) is 6.92 Å². The van der Waals surface area contributed by atoms with Gasteiger partial charge in [-0.3, -0.25) is 14.4 Å². The molecule has 3 N–H and O–H groups in total. The third-order valence-electron chi connectivity index (χ3n) is 3.63. The Morgan fingerprint density at radius 3 is 2.15 bits per heavy atom. The monoisotopic (exact) mass is 276 g/mol. The minimum Gasteiger partial charge on any atom is -0.481 e. The van der Waals surface area contributed by atoms with Gasteiger partial charge in [0.1, 0.15) is 0 Å². The second-order valence-electron chi connectivity index (χ2n) is 5.07. The zero-order valence-electron chi connectivity index (χ0n) is 11.1. The lowest BCUT2D eigenvalue weighted by Crippen LogP contribution is -2.30. The first-order valence-corrected chi connectivity index (χ1v) is 6.32. The molecule has 2 amide bonds. The van der Waals surface area contributed by atoms with Gasteiger partial charge in [-0.2, -0.15) is 0 Å². The number of carboxylic acids is 1. The Kier molecular flexibility index (Phi) is 3.74. The van der Waals surface area contributed by atoms with E-state index in [1.807, 2.05) is 6.92 Å². The smallest absolute Gasteiger partial charge is 0.308 e. The SMILES string of the molecule is CC1CN(C(=O)c2ccc(C(N)=O)cc2)CC1C(=O)O. The van der Waals surface area contributed by atoms with Gasteiger partial charge in [0.05, 0.1) is 5.92 Å². The molecule has 6 nitrogen and oxygen atoms in total. The molecule has 0 bridgehead atoms. The molecule has 0 aromatic heterocycles. The minimum atomic E-state index is -0.878. The van der Waals surface area contributed by atoms with E-state index in [1.165, 1.54) is 29.2 Å². The third-order valence-corrected chi connectivity index (χ3v) is 3.63. The Bertz CT molecular complexity index is 553. The number of nitrogens with zero attached hydrogens (tertiary/aromatic N) is 1. The Balaban J connectivity index is 2.12. The molecule has 1 heterocycles. The molecule has 1 aromatic carbocycles. The van der Waals surface area contributed by atoms with Crippen molar-refractivity contribution in [1.82, 2.24) is 4.90 Å². The van der Waals surface area contributed by atoms with E-state index in [2.05, 4.69) is 0 Å². The lowest BCUT2D eigenvalue weighted by Gasteiger charge is -2.16. The first-order chi connectivity index (χ1) is 9.40. The Morgan fingerprint density at radius 2 is 1.70 bits per heavy atom. The second-order valence-corrected chi connectivity index (χ2v) is 5.07. The van der Waals surface area contributed by atoms with E-state index in [4.69, 9.17) is 10.8 Å². The van der Waals surface area contributed by atoms with Gasteiger partial charge >= 0.3 is 5.97 Å². The molecule has 2 rings (SSSR count). The quantitative estimate of drug-likeness (QED) is 0.843. The lowest BCUT2D eigenvalue weighted by atomic mass is 9.99. The zero-order chi connectivity index (χ0) is 14.9. The number of carboxylic acid groups (broad SMARTS) is 1. The first kappa shape index (κ1) is 14.0. The Hall–Kier alpha value is -2.37. The van der Waals surface area contributed by atoms with Crippen LogP contribution >= 0.6 is 0 Å². The molecule has 106 valence electrons. The van der Waals surface area contributed by atoms with Crippen LogP contribution in [-0.2, 0) is 4.79 Å². The van der Waals surface area contributed by atoms with Crippen molar-refractivity contribution in [3.8, 4) is 0 Å². The summed E-state index contributed by atoms with van der Waals surface area (Å²) >= 11 is 0. The molecule has 1 aliphatic rings. The molecule has 1 aromatic rings. The molecule has 2 unspecified atom stereocenters.